The van der Waals surface area contributed by atoms with Crippen molar-refractivity contribution in [2.45, 2.75) is 25.7 Å². The number of benzene rings is 1. The van der Waals surface area contributed by atoms with Crippen molar-refractivity contribution >= 4 is 37.8 Å². The highest BCUT2D eigenvalue weighted by molar-refractivity contribution is 9.10. The molecule has 5 heteroatoms. The number of alkyl halides is 1. The largest absolute Gasteiger partial charge is 0.352 e. The molecule has 1 fully saturated rings. The summed E-state index contributed by atoms with van der Waals surface area (Å²) in [6.07, 6.45) is 4.93. The van der Waals surface area contributed by atoms with Gasteiger partial charge in [0, 0.05) is 17.4 Å². The molecule has 0 aliphatic heterocycles. The standard InChI is InChI=1S/C15H18Br2FNO/c16-8-11-3-1-2-4-12(11)9-19-15(20)10-5-6-14(18)13(17)7-10/h5-7,11-12H,1-4,8-9H2,(H,19,20). The molecule has 2 nitrogen and oxygen atoms in total. The van der Waals surface area contributed by atoms with E-state index in [4.69, 9.17) is 0 Å². The van der Waals surface area contributed by atoms with Gasteiger partial charge in [0.1, 0.15) is 5.82 Å². The van der Waals surface area contributed by atoms with Gasteiger partial charge < -0.3 is 5.32 Å². The van der Waals surface area contributed by atoms with Crippen molar-refractivity contribution < 1.29 is 9.18 Å². The van der Waals surface area contributed by atoms with Crippen LogP contribution in [0.2, 0.25) is 0 Å². The maximum Gasteiger partial charge on any atom is 0.251 e. The highest BCUT2D eigenvalue weighted by atomic mass is 79.9. The summed E-state index contributed by atoms with van der Waals surface area (Å²) >= 11 is 6.66. The van der Waals surface area contributed by atoms with Crippen LogP contribution in [-0.4, -0.2) is 17.8 Å². The minimum atomic E-state index is -0.354. The van der Waals surface area contributed by atoms with Crippen molar-refractivity contribution in [1.29, 1.82) is 0 Å². The molecule has 0 saturated heterocycles. The van der Waals surface area contributed by atoms with E-state index in [0.717, 1.165) is 5.33 Å². The molecular formula is C15H18Br2FNO. The van der Waals surface area contributed by atoms with Crippen molar-refractivity contribution in [3.05, 3.63) is 34.1 Å². The van der Waals surface area contributed by atoms with Crippen molar-refractivity contribution in [3.63, 3.8) is 0 Å². The molecule has 0 heterocycles. The molecule has 0 radical (unpaired) electrons. The van der Waals surface area contributed by atoms with E-state index >= 15 is 0 Å². The van der Waals surface area contributed by atoms with Crippen molar-refractivity contribution in [1.82, 2.24) is 5.32 Å². The summed E-state index contributed by atoms with van der Waals surface area (Å²) in [4.78, 5) is 12.1. The van der Waals surface area contributed by atoms with E-state index in [1.54, 1.807) is 0 Å². The molecule has 0 spiro atoms. The van der Waals surface area contributed by atoms with Gasteiger partial charge in [-0.2, -0.15) is 0 Å². The zero-order chi connectivity index (χ0) is 14.5. The first-order valence-electron chi connectivity index (χ1n) is 6.91. The Bertz CT molecular complexity index is 481. The van der Waals surface area contributed by atoms with Gasteiger partial charge in [-0.15, -0.1) is 0 Å². The van der Waals surface area contributed by atoms with Gasteiger partial charge in [-0.1, -0.05) is 28.8 Å². The number of amides is 1. The zero-order valence-corrected chi connectivity index (χ0v) is 14.3. The van der Waals surface area contributed by atoms with E-state index in [1.807, 2.05) is 0 Å². The van der Waals surface area contributed by atoms with Gasteiger partial charge >= 0.3 is 0 Å². The monoisotopic (exact) mass is 405 g/mol. The Labute approximate surface area is 135 Å². The van der Waals surface area contributed by atoms with Crippen LogP contribution in [0.15, 0.2) is 22.7 Å². The molecule has 20 heavy (non-hydrogen) atoms. The van der Waals surface area contributed by atoms with E-state index < -0.39 is 0 Å². The Hall–Kier alpha value is -0.420. The lowest BCUT2D eigenvalue weighted by molar-refractivity contribution is 0.0937. The van der Waals surface area contributed by atoms with E-state index in [2.05, 4.69) is 37.2 Å². The molecule has 1 aliphatic carbocycles. The molecule has 0 bridgehead atoms. The SMILES string of the molecule is O=C(NCC1CCCCC1CBr)c1ccc(F)c(Br)c1. The Morgan fingerprint density at radius 2 is 2.00 bits per heavy atom. The number of hydrogen-bond acceptors (Lipinski definition) is 1. The first-order chi connectivity index (χ1) is 9.61. The summed E-state index contributed by atoms with van der Waals surface area (Å²) in [5.41, 5.74) is 0.490. The maximum atomic E-state index is 13.2. The van der Waals surface area contributed by atoms with Gasteiger partial charge in [-0.05, 0) is 58.8 Å². The predicted octanol–water partition coefficient (Wildman–Crippen LogP) is 4.52. The number of halogens is 3. The van der Waals surface area contributed by atoms with Crippen LogP contribution in [0.25, 0.3) is 0 Å². The second kappa shape index (κ2) is 7.55. The van der Waals surface area contributed by atoms with Crippen LogP contribution in [0.3, 0.4) is 0 Å². The third kappa shape index (κ3) is 4.04. The fourth-order valence-electron chi connectivity index (χ4n) is 2.72. The number of carbonyl (C=O) groups excluding carboxylic acids is 1. The molecule has 1 aliphatic rings. The summed E-state index contributed by atoms with van der Waals surface area (Å²) in [6.45, 7) is 0.699. The third-order valence-corrected chi connectivity index (χ3v) is 5.41. The van der Waals surface area contributed by atoms with Crippen LogP contribution in [0, 0.1) is 17.7 Å². The van der Waals surface area contributed by atoms with Crippen LogP contribution >= 0.6 is 31.9 Å². The fraction of sp³-hybridized carbons (Fsp3) is 0.533. The molecule has 2 atom stereocenters. The molecule has 1 aromatic rings. The smallest absolute Gasteiger partial charge is 0.251 e. The lowest BCUT2D eigenvalue weighted by Gasteiger charge is -2.30. The van der Waals surface area contributed by atoms with E-state index in [9.17, 15) is 9.18 Å². The molecule has 1 saturated carbocycles. The highest BCUT2D eigenvalue weighted by Crippen LogP contribution is 2.30. The summed E-state index contributed by atoms with van der Waals surface area (Å²) in [5.74, 6) is 0.692. The normalized spacial score (nSPS) is 22.6. The van der Waals surface area contributed by atoms with Gasteiger partial charge in [-0.3, -0.25) is 4.79 Å². The molecule has 0 aromatic heterocycles. The van der Waals surface area contributed by atoms with Crippen molar-refractivity contribution in [3.8, 4) is 0 Å². The maximum absolute atomic E-state index is 13.2. The molecule has 1 N–H and O–H groups in total. The first-order valence-corrected chi connectivity index (χ1v) is 8.82. The minimum Gasteiger partial charge on any atom is -0.352 e. The van der Waals surface area contributed by atoms with Crippen LogP contribution in [0.4, 0.5) is 4.39 Å². The quantitative estimate of drug-likeness (QED) is 0.731. The van der Waals surface area contributed by atoms with Gasteiger partial charge in [0.25, 0.3) is 5.91 Å². The Morgan fingerprint density at radius 3 is 2.65 bits per heavy atom. The van der Waals surface area contributed by atoms with Gasteiger partial charge in [0.2, 0.25) is 0 Å². The molecular weight excluding hydrogens is 389 g/mol. The topological polar surface area (TPSA) is 29.1 Å². The van der Waals surface area contributed by atoms with E-state index in [0.29, 0.717) is 28.4 Å². The minimum absolute atomic E-state index is 0.135. The van der Waals surface area contributed by atoms with Gasteiger partial charge in [-0.25, -0.2) is 4.39 Å². The zero-order valence-electron chi connectivity index (χ0n) is 11.2. The van der Waals surface area contributed by atoms with E-state index in [1.165, 1.54) is 43.9 Å². The van der Waals surface area contributed by atoms with Crippen LogP contribution in [0.1, 0.15) is 36.0 Å². The Balaban J connectivity index is 1.92. The second-order valence-electron chi connectivity index (χ2n) is 5.30. The summed E-state index contributed by atoms with van der Waals surface area (Å²) in [6, 6.07) is 4.34. The summed E-state index contributed by atoms with van der Waals surface area (Å²) < 4.78 is 13.5. The molecule has 2 rings (SSSR count). The van der Waals surface area contributed by atoms with Gasteiger partial charge in [0.05, 0.1) is 4.47 Å². The molecule has 1 amide bonds. The first kappa shape index (κ1) is 16.0. The summed E-state index contributed by atoms with van der Waals surface area (Å²) in [5, 5.41) is 3.97. The number of carbonyl (C=O) groups is 1. The average molecular weight is 407 g/mol. The predicted molar refractivity (Wildman–Crippen MR) is 85.7 cm³/mol. The lowest BCUT2D eigenvalue weighted by atomic mass is 9.80. The van der Waals surface area contributed by atoms with Crippen LogP contribution < -0.4 is 5.32 Å². The third-order valence-electron chi connectivity index (χ3n) is 3.97. The molecule has 1 aromatic carbocycles. The number of rotatable bonds is 4. The van der Waals surface area contributed by atoms with E-state index in [-0.39, 0.29) is 11.7 Å². The number of hydrogen-bond donors (Lipinski definition) is 1. The van der Waals surface area contributed by atoms with Crippen molar-refractivity contribution in [2.75, 3.05) is 11.9 Å². The molecule has 110 valence electrons. The lowest BCUT2D eigenvalue weighted by Crippen LogP contribution is -2.34. The number of nitrogens with one attached hydrogen (secondary N) is 1. The second-order valence-corrected chi connectivity index (χ2v) is 6.80. The Morgan fingerprint density at radius 1 is 1.30 bits per heavy atom. The van der Waals surface area contributed by atoms with Gasteiger partial charge in [0.15, 0.2) is 0 Å². The van der Waals surface area contributed by atoms with Crippen LogP contribution in [0.5, 0.6) is 0 Å². The van der Waals surface area contributed by atoms with Crippen molar-refractivity contribution in [2.24, 2.45) is 11.8 Å². The Kier molecular flexibility index (Phi) is 6.02. The average Bonchev–Trinajstić information content (AvgIpc) is 2.47. The molecule has 2 unspecified atom stereocenters. The highest BCUT2D eigenvalue weighted by Gasteiger charge is 2.24. The van der Waals surface area contributed by atoms with Crippen LogP contribution in [-0.2, 0) is 0 Å². The summed E-state index contributed by atoms with van der Waals surface area (Å²) in [7, 11) is 0. The fourth-order valence-corrected chi connectivity index (χ4v) is 3.95.